The van der Waals surface area contributed by atoms with Crippen LogP contribution in [0, 0.1) is 0 Å². The Kier molecular flexibility index (Phi) is 10.6. The van der Waals surface area contributed by atoms with Gasteiger partial charge in [0.1, 0.15) is 16.9 Å². The summed E-state index contributed by atoms with van der Waals surface area (Å²) >= 11 is 6.17. The molecule has 1 fully saturated rings. The van der Waals surface area contributed by atoms with Crippen molar-refractivity contribution in [3.8, 4) is 11.4 Å². The van der Waals surface area contributed by atoms with Crippen LogP contribution in [0.15, 0.2) is 36.4 Å². The molecule has 0 aliphatic carbocycles. The molecule has 1 aromatic carbocycles. The molecule has 0 spiro atoms. The first-order valence-electron chi connectivity index (χ1n) is 12.2. The van der Waals surface area contributed by atoms with Crippen LogP contribution in [0.5, 0.6) is 0 Å². The summed E-state index contributed by atoms with van der Waals surface area (Å²) in [6.07, 6.45) is -1.21. The standard InChI is InChI=1S/C24H31ClN5O7P/c1-3-36-38(35,37-4-2)15-10-18(23(32)29-11-13-30(14-12-29)24(33)34)27-22(31)19-16-20(25)28-21(26-19)17-8-6-5-7-9-17/h5-9,16,18H,3-4,10-15H2,1-2H3,(H,27,31)(H,33,34)/t18-/m0/s1. The van der Waals surface area contributed by atoms with Crippen molar-refractivity contribution in [2.75, 3.05) is 45.6 Å². The fourth-order valence-corrected chi connectivity index (χ4v) is 5.80. The fourth-order valence-electron chi connectivity index (χ4n) is 3.93. The normalized spacial score (nSPS) is 14.7. The van der Waals surface area contributed by atoms with Crippen LogP contribution in [0.3, 0.4) is 0 Å². The first-order chi connectivity index (χ1) is 18.2. The van der Waals surface area contributed by atoms with Crippen molar-refractivity contribution in [2.24, 2.45) is 0 Å². The van der Waals surface area contributed by atoms with Gasteiger partial charge in [-0.15, -0.1) is 0 Å². The second-order valence-electron chi connectivity index (χ2n) is 8.35. The van der Waals surface area contributed by atoms with Gasteiger partial charge in [-0.2, -0.15) is 0 Å². The van der Waals surface area contributed by atoms with Gasteiger partial charge in [0.25, 0.3) is 5.91 Å². The highest BCUT2D eigenvalue weighted by Gasteiger charge is 2.33. The molecule has 206 valence electrons. The van der Waals surface area contributed by atoms with E-state index in [1.165, 1.54) is 15.9 Å². The van der Waals surface area contributed by atoms with Crippen molar-refractivity contribution in [3.63, 3.8) is 0 Å². The topological polar surface area (TPSA) is 151 Å². The van der Waals surface area contributed by atoms with Crippen LogP contribution in [0.25, 0.3) is 11.4 Å². The minimum Gasteiger partial charge on any atom is -0.465 e. The van der Waals surface area contributed by atoms with Gasteiger partial charge >= 0.3 is 13.7 Å². The monoisotopic (exact) mass is 567 g/mol. The van der Waals surface area contributed by atoms with Crippen LogP contribution in [-0.2, 0) is 18.4 Å². The van der Waals surface area contributed by atoms with Gasteiger partial charge in [0.2, 0.25) is 5.91 Å². The summed E-state index contributed by atoms with van der Waals surface area (Å²) in [5.74, 6) is -0.865. The van der Waals surface area contributed by atoms with Crippen LogP contribution in [0.4, 0.5) is 4.79 Å². The van der Waals surface area contributed by atoms with Gasteiger partial charge in [-0.3, -0.25) is 14.2 Å². The molecule has 14 heteroatoms. The number of nitrogens with zero attached hydrogens (tertiary/aromatic N) is 4. The largest absolute Gasteiger partial charge is 0.465 e. The van der Waals surface area contributed by atoms with Crippen molar-refractivity contribution >= 4 is 37.1 Å². The second-order valence-corrected chi connectivity index (χ2v) is 10.9. The highest BCUT2D eigenvalue weighted by atomic mass is 35.5. The number of rotatable bonds is 11. The van der Waals surface area contributed by atoms with E-state index >= 15 is 0 Å². The number of hydrogen-bond donors (Lipinski definition) is 2. The predicted octanol–water partition coefficient (Wildman–Crippen LogP) is 3.37. The van der Waals surface area contributed by atoms with Gasteiger partial charge in [-0.25, -0.2) is 14.8 Å². The van der Waals surface area contributed by atoms with Crippen molar-refractivity contribution < 1.29 is 33.1 Å². The summed E-state index contributed by atoms with van der Waals surface area (Å²) < 4.78 is 23.7. The van der Waals surface area contributed by atoms with E-state index in [1.807, 2.05) is 6.07 Å². The molecule has 1 saturated heterocycles. The Hall–Kier alpha value is -3.05. The third-order valence-electron chi connectivity index (χ3n) is 5.77. The minimum absolute atomic E-state index is 0.0364. The van der Waals surface area contributed by atoms with Gasteiger partial charge < -0.3 is 29.3 Å². The molecule has 0 saturated carbocycles. The number of carbonyl (C=O) groups is 3. The molecule has 0 unspecified atom stereocenters. The third kappa shape index (κ3) is 7.97. The van der Waals surface area contributed by atoms with E-state index in [-0.39, 0.29) is 68.6 Å². The molecule has 2 heterocycles. The molecule has 12 nitrogen and oxygen atoms in total. The summed E-state index contributed by atoms with van der Waals surface area (Å²) in [5, 5.41) is 11.9. The van der Waals surface area contributed by atoms with Crippen molar-refractivity contribution in [1.29, 1.82) is 0 Å². The maximum absolute atomic E-state index is 13.4. The number of piperazine rings is 1. The summed E-state index contributed by atoms with van der Waals surface area (Å²) in [6, 6.07) is 9.17. The average molecular weight is 568 g/mol. The number of nitrogens with one attached hydrogen (secondary N) is 1. The van der Waals surface area contributed by atoms with Gasteiger partial charge in [0.05, 0.1) is 19.4 Å². The van der Waals surface area contributed by atoms with E-state index < -0.39 is 31.5 Å². The Morgan fingerprint density at radius 3 is 2.24 bits per heavy atom. The summed E-state index contributed by atoms with van der Waals surface area (Å²) in [7, 11) is -3.50. The van der Waals surface area contributed by atoms with Crippen molar-refractivity contribution in [2.45, 2.75) is 26.3 Å². The van der Waals surface area contributed by atoms with Crippen LogP contribution < -0.4 is 5.32 Å². The zero-order valence-corrected chi connectivity index (χ0v) is 22.9. The van der Waals surface area contributed by atoms with Gasteiger partial charge in [0, 0.05) is 37.8 Å². The third-order valence-corrected chi connectivity index (χ3v) is 8.07. The maximum Gasteiger partial charge on any atom is 0.407 e. The Balaban J connectivity index is 1.82. The molecule has 2 aromatic rings. The molecule has 0 bridgehead atoms. The molecule has 1 aliphatic rings. The SMILES string of the molecule is CCOP(=O)(CC[C@H](NC(=O)c1cc(Cl)nc(-c2ccccc2)n1)C(=O)N1CCN(C(=O)O)CC1)OCC. The summed E-state index contributed by atoms with van der Waals surface area (Å²) in [4.78, 5) is 49.1. The van der Waals surface area contributed by atoms with Crippen molar-refractivity contribution in [3.05, 3.63) is 47.2 Å². The number of aromatic nitrogens is 2. The molecule has 1 atom stereocenters. The highest BCUT2D eigenvalue weighted by molar-refractivity contribution is 7.53. The number of carbonyl (C=O) groups excluding carboxylic acids is 2. The van der Waals surface area contributed by atoms with Crippen molar-refractivity contribution in [1.82, 2.24) is 25.1 Å². The van der Waals surface area contributed by atoms with Crippen LogP contribution in [0.1, 0.15) is 30.8 Å². The predicted molar refractivity (Wildman–Crippen MR) is 140 cm³/mol. The number of hydrogen-bond acceptors (Lipinski definition) is 8. The second kappa shape index (κ2) is 13.7. The van der Waals surface area contributed by atoms with Crippen LogP contribution >= 0.6 is 19.2 Å². The lowest BCUT2D eigenvalue weighted by Gasteiger charge is -2.35. The van der Waals surface area contributed by atoms with E-state index in [4.69, 9.17) is 20.6 Å². The first kappa shape index (κ1) is 29.5. The Labute approximate surface area is 225 Å². The molecule has 1 aromatic heterocycles. The average Bonchev–Trinajstić information content (AvgIpc) is 2.91. The van der Waals surface area contributed by atoms with E-state index in [1.54, 1.807) is 38.1 Å². The number of benzene rings is 1. The first-order valence-corrected chi connectivity index (χ1v) is 14.3. The Bertz CT molecular complexity index is 1170. The fraction of sp³-hybridized carbons (Fsp3) is 0.458. The van der Waals surface area contributed by atoms with Crippen LogP contribution in [-0.4, -0.2) is 94.4 Å². The highest BCUT2D eigenvalue weighted by Crippen LogP contribution is 2.48. The molecule has 38 heavy (non-hydrogen) atoms. The Morgan fingerprint density at radius 2 is 1.66 bits per heavy atom. The maximum atomic E-state index is 13.4. The molecule has 3 rings (SSSR count). The smallest absolute Gasteiger partial charge is 0.407 e. The van der Waals surface area contributed by atoms with Gasteiger partial charge in [-0.05, 0) is 20.3 Å². The Morgan fingerprint density at radius 1 is 1.05 bits per heavy atom. The van der Waals surface area contributed by atoms with E-state index in [2.05, 4.69) is 15.3 Å². The lowest BCUT2D eigenvalue weighted by molar-refractivity contribution is -0.134. The lowest BCUT2D eigenvalue weighted by atomic mass is 10.1. The van der Waals surface area contributed by atoms with Crippen LogP contribution in [0.2, 0.25) is 5.15 Å². The number of amides is 3. The molecule has 3 amide bonds. The molecule has 0 radical (unpaired) electrons. The zero-order valence-electron chi connectivity index (χ0n) is 21.2. The molecular weight excluding hydrogens is 537 g/mol. The minimum atomic E-state index is -3.50. The molecule has 2 N–H and O–H groups in total. The van der Waals surface area contributed by atoms with Gasteiger partial charge in [-0.1, -0.05) is 41.9 Å². The molecular formula is C24H31ClN5O7P. The number of halogens is 1. The summed E-state index contributed by atoms with van der Waals surface area (Å²) in [6.45, 7) is 4.26. The van der Waals surface area contributed by atoms with Gasteiger partial charge in [0.15, 0.2) is 5.82 Å². The van der Waals surface area contributed by atoms with E-state index in [9.17, 15) is 24.1 Å². The van der Waals surface area contributed by atoms with E-state index in [0.29, 0.717) is 5.56 Å². The zero-order chi connectivity index (χ0) is 27.7. The molecule has 1 aliphatic heterocycles. The number of carboxylic acid groups (broad SMARTS) is 1. The lowest BCUT2D eigenvalue weighted by Crippen LogP contribution is -2.56. The quantitative estimate of drug-likeness (QED) is 0.307. The summed E-state index contributed by atoms with van der Waals surface area (Å²) in [5.41, 5.74) is 0.609. The van der Waals surface area contributed by atoms with E-state index in [0.717, 1.165) is 0 Å².